The first-order valence-electron chi connectivity index (χ1n) is 7.02. The number of nitrogens with zero attached hydrogens (tertiary/aromatic N) is 2. The summed E-state index contributed by atoms with van der Waals surface area (Å²) in [5.74, 6) is 2.48. The van der Waals surface area contributed by atoms with Gasteiger partial charge in [-0.2, -0.15) is 4.98 Å². The second kappa shape index (κ2) is 4.96. The van der Waals surface area contributed by atoms with Gasteiger partial charge in [0.1, 0.15) is 10.6 Å². The van der Waals surface area contributed by atoms with Crippen molar-refractivity contribution >= 4 is 33.3 Å². The molecule has 2 unspecified atom stereocenters. The van der Waals surface area contributed by atoms with Crippen molar-refractivity contribution < 1.29 is 0 Å². The quantitative estimate of drug-likeness (QED) is 0.877. The molecule has 0 aromatic carbocycles. The summed E-state index contributed by atoms with van der Waals surface area (Å²) in [7, 11) is 0. The number of aryl methyl sites for hydroxylation is 1. The molecule has 0 amide bonds. The molecular weight excluding hydrogens is 256 g/mol. The standard InChI is InChI=1S/C14H20N4S/c1-4-9-7-10-12(16-11-6-8(11)3)17-14(15-5-2)18-13(10)19-9/h7-8,11H,4-6H2,1-3H3,(H2,15,16,17,18). The molecule has 1 saturated carbocycles. The topological polar surface area (TPSA) is 49.8 Å². The number of hydrogen-bond donors (Lipinski definition) is 2. The van der Waals surface area contributed by atoms with Crippen molar-refractivity contribution in [2.75, 3.05) is 17.2 Å². The second-order valence-corrected chi connectivity index (χ2v) is 6.29. The summed E-state index contributed by atoms with van der Waals surface area (Å²) in [6.07, 6.45) is 2.30. The predicted octanol–water partition coefficient (Wildman–Crippen LogP) is 3.51. The predicted molar refractivity (Wildman–Crippen MR) is 82.1 cm³/mol. The minimum atomic E-state index is 0.581. The van der Waals surface area contributed by atoms with Crippen molar-refractivity contribution in [1.82, 2.24) is 9.97 Å². The van der Waals surface area contributed by atoms with Crippen LogP contribution in [-0.4, -0.2) is 22.6 Å². The molecule has 2 aromatic heterocycles. The average molecular weight is 276 g/mol. The van der Waals surface area contributed by atoms with Crippen LogP contribution in [0.4, 0.5) is 11.8 Å². The minimum Gasteiger partial charge on any atom is -0.366 e. The van der Waals surface area contributed by atoms with Crippen LogP contribution < -0.4 is 10.6 Å². The van der Waals surface area contributed by atoms with Gasteiger partial charge in [0.25, 0.3) is 0 Å². The third-order valence-electron chi connectivity index (χ3n) is 3.56. The Morgan fingerprint density at radius 3 is 2.79 bits per heavy atom. The maximum absolute atomic E-state index is 4.63. The van der Waals surface area contributed by atoms with Crippen LogP contribution in [0.25, 0.3) is 10.2 Å². The summed E-state index contributed by atoms with van der Waals surface area (Å²) in [4.78, 5) is 11.7. The van der Waals surface area contributed by atoms with E-state index in [9.17, 15) is 0 Å². The lowest BCUT2D eigenvalue weighted by Crippen LogP contribution is -2.09. The van der Waals surface area contributed by atoms with Crippen molar-refractivity contribution in [1.29, 1.82) is 0 Å². The summed E-state index contributed by atoms with van der Waals surface area (Å²) in [5.41, 5.74) is 0. The largest absolute Gasteiger partial charge is 0.366 e. The molecular formula is C14H20N4S. The number of aromatic nitrogens is 2. The zero-order valence-corrected chi connectivity index (χ0v) is 12.5. The van der Waals surface area contributed by atoms with Gasteiger partial charge in [-0.1, -0.05) is 13.8 Å². The summed E-state index contributed by atoms with van der Waals surface area (Å²) in [6, 6.07) is 2.81. The number of thiophene rings is 1. The first-order valence-corrected chi connectivity index (χ1v) is 7.83. The van der Waals surface area contributed by atoms with Crippen molar-refractivity contribution in [2.45, 2.75) is 39.7 Å². The molecule has 4 nitrogen and oxygen atoms in total. The van der Waals surface area contributed by atoms with E-state index in [1.54, 1.807) is 11.3 Å². The van der Waals surface area contributed by atoms with Gasteiger partial charge < -0.3 is 10.6 Å². The van der Waals surface area contributed by atoms with E-state index in [1.807, 2.05) is 0 Å². The summed E-state index contributed by atoms with van der Waals surface area (Å²) in [5, 5.41) is 7.95. The van der Waals surface area contributed by atoms with E-state index in [4.69, 9.17) is 0 Å². The van der Waals surface area contributed by atoms with E-state index in [2.05, 4.69) is 47.4 Å². The Labute approximate surface area is 117 Å². The number of nitrogens with one attached hydrogen (secondary N) is 2. The third kappa shape index (κ3) is 2.52. The fourth-order valence-corrected chi connectivity index (χ4v) is 3.16. The van der Waals surface area contributed by atoms with Crippen LogP contribution in [0.2, 0.25) is 0 Å². The van der Waals surface area contributed by atoms with Crippen molar-refractivity contribution in [3.8, 4) is 0 Å². The first kappa shape index (κ1) is 12.7. The summed E-state index contributed by atoms with van der Waals surface area (Å²) in [6.45, 7) is 7.36. The normalized spacial score (nSPS) is 21.6. The van der Waals surface area contributed by atoms with E-state index in [0.717, 1.165) is 35.5 Å². The van der Waals surface area contributed by atoms with Crippen LogP contribution >= 0.6 is 11.3 Å². The Balaban J connectivity index is 2.01. The molecule has 19 heavy (non-hydrogen) atoms. The minimum absolute atomic E-state index is 0.581. The monoisotopic (exact) mass is 276 g/mol. The highest BCUT2D eigenvalue weighted by Gasteiger charge is 2.33. The van der Waals surface area contributed by atoms with Gasteiger partial charge in [-0.3, -0.25) is 0 Å². The van der Waals surface area contributed by atoms with Crippen LogP contribution in [0, 0.1) is 5.92 Å². The molecule has 2 atom stereocenters. The average Bonchev–Trinajstić information content (AvgIpc) is 2.91. The van der Waals surface area contributed by atoms with Crippen molar-refractivity contribution in [2.24, 2.45) is 5.92 Å². The number of fused-ring (bicyclic) bond motifs is 1. The molecule has 2 N–H and O–H groups in total. The molecule has 2 aromatic rings. The molecule has 2 heterocycles. The first-order chi connectivity index (χ1) is 9.21. The zero-order chi connectivity index (χ0) is 13.4. The molecule has 3 rings (SSSR count). The smallest absolute Gasteiger partial charge is 0.226 e. The Morgan fingerprint density at radius 1 is 1.37 bits per heavy atom. The second-order valence-electron chi connectivity index (χ2n) is 5.18. The highest BCUT2D eigenvalue weighted by molar-refractivity contribution is 7.18. The summed E-state index contributed by atoms with van der Waals surface area (Å²) >= 11 is 1.77. The van der Waals surface area contributed by atoms with E-state index in [-0.39, 0.29) is 0 Å². The molecule has 1 fully saturated rings. The highest BCUT2D eigenvalue weighted by Crippen LogP contribution is 2.36. The highest BCUT2D eigenvalue weighted by atomic mass is 32.1. The third-order valence-corrected chi connectivity index (χ3v) is 4.73. The Morgan fingerprint density at radius 2 is 2.16 bits per heavy atom. The van der Waals surface area contributed by atoms with E-state index < -0.39 is 0 Å². The number of anilines is 2. The SMILES string of the molecule is CCNc1nc(NC2CC2C)c2cc(CC)sc2n1. The molecule has 5 heteroatoms. The molecule has 0 saturated heterocycles. The number of hydrogen-bond acceptors (Lipinski definition) is 5. The molecule has 0 radical (unpaired) electrons. The zero-order valence-electron chi connectivity index (χ0n) is 11.7. The van der Waals surface area contributed by atoms with Gasteiger partial charge >= 0.3 is 0 Å². The molecule has 0 bridgehead atoms. The Hall–Kier alpha value is -1.36. The molecule has 102 valence electrons. The van der Waals surface area contributed by atoms with Crippen LogP contribution in [0.3, 0.4) is 0 Å². The summed E-state index contributed by atoms with van der Waals surface area (Å²) < 4.78 is 0. The maximum Gasteiger partial charge on any atom is 0.226 e. The fourth-order valence-electron chi connectivity index (χ4n) is 2.19. The van der Waals surface area contributed by atoms with Crippen LogP contribution in [0.5, 0.6) is 0 Å². The van der Waals surface area contributed by atoms with Crippen molar-refractivity contribution in [3.05, 3.63) is 10.9 Å². The van der Waals surface area contributed by atoms with Gasteiger partial charge in [-0.25, -0.2) is 4.98 Å². The lowest BCUT2D eigenvalue weighted by molar-refractivity contribution is 0.924. The van der Waals surface area contributed by atoms with Crippen molar-refractivity contribution in [3.63, 3.8) is 0 Å². The van der Waals surface area contributed by atoms with E-state index in [0.29, 0.717) is 6.04 Å². The molecule has 0 aliphatic heterocycles. The Kier molecular flexibility index (Phi) is 3.31. The van der Waals surface area contributed by atoms with Gasteiger partial charge in [-0.15, -0.1) is 11.3 Å². The van der Waals surface area contributed by atoms with Crippen LogP contribution in [0.15, 0.2) is 6.07 Å². The van der Waals surface area contributed by atoms with Gasteiger partial charge in [0, 0.05) is 17.5 Å². The molecule has 1 aliphatic carbocycles. The van der Waals surface area contributed by atoms with Gasteiger partial charge in [-0.05, 0) is 31.7 Å². The van der Waals surface area contributed by atoms with Gasteiger partial charge in [0.05, 0.1) is 5.39 Å². The van der Waals surface area contributed by atoms with Gasteiger partial charge in [0.15, 0.2) is 0 Å². The van der Waals surface area contributed by atoms with Crippen LogP contribution in [0.1, 0.15) is 32.1 Å². The lowest BCUT2D eigenvalue weighted by Gasteiger charge is -2.08. The van der Waals surface area contributed by atoms with E-state index in [1.165, 1.54) is 16.7 Å². The Bertz CT molecular complexity index is 592. The maximum atomic E-state index is 4.63. The molecule has 1 aliphatic rings. The van der Waals surface area contributed by atoms with Gasteiger partial charge in [0.2, 0.25) is 5.95 Å². The molecule has 0 spiro atoms. The van der Waals surface area contributed by atoms with Crippen LogP contribution in [-0.2, 0) is 6.42 Å². The number of rotatable bonds is 5. The lowest BCUT2D eigenvalue weighted by atomic mass is 10.3. The fraction of sp³-hybridized carbons (Fsp3) is 0.571. The van der Waals surface area contributed by atoms with E-state index >= 15 is 0 Å².